The lowest BCUT2D eigenvalue weighted by atomic mass is 10.1. The summed E-state index contributed by atoms with van der Waals surface area (Å²) in [4.78, 5) is 51.6. The SMILES string of the molecule is CC(C)(C)OC(=O)N(CC(=O)N1[C@@H](C(=O)C#N)CC[C@H]1C(=O)C#N)C(C)(C)C. The van der Waals surface area contributed by atoms with Crippen molar-refractivity contribution < 1.29 is 23.9 Å². The highest BCUT2D eigenvalue weighted by Crippen LogP contribution is 2.27. The molecule has 2 amide bonds. The predicted octanol–water partition coefficient (Wildman–Crippen LogP) is 1.57. The molecular formula is C19H26N4O5. The Hall–Kier alpha value is -2.94. The Bertz CT molecular complexity index is 714. The molecule has 1 fully saturated rings. The van der Waals surface area contributed by atoms with Crippen molar-refractivity contribution in [3.8, 4) is 12.1 Å². The monoisotopic (exact) mass is 390 g/mol. The molecule has 152 valence electrons. The summed E-state index contributed by atoms with van der Waals surface area (Å²) in [5.74, 6) is -2.41. The van der Waals surface area contributed by atoms with E-state index in [-0.39, 0.29) is 12.8 Å². The summed E-state index contributed by atoms with van der Waals surface area (Å²) in [6.07, 6.45) is -0.505. The molecule has 9 heteroatoms. The lowest BCUT2D eigenvalue weighted by Crippen LogP contribution is -2.56. The van der Waals surface area contributed by atoms with Gasteiger partial charge in [0, 0.05) is 5.54 Å². The molecule has 0 aliphatic carbocycles. The molecule has 1 aliphatic heterocycles. The van der Waals surface area contributed by atoms with Gasteiger partial charge in [0.15, 0.2) is 0 Å². The summed E-state index contributed by atoms with van der Waals surface area (Å²) >= 11 is 0. The summed E-state index contributed by atoms with van der Waals surface area (Å²) in [5, 5.41) is 17.9. The first kappa shape index (κ1) is 23.1. The molecule has 0 saturated carbocycles. The fourth-order valence-electron chi connectivity index (χ4n) is 2.93. The van der Waals surface area contributed by atoms with Crippen LogP contribution in [0.1, 0.15) is 54.4 Å². The Balaban J connectivity index is 3.19. The van der Waals surface area contributed by atoms with Gasteiger partial charge in [-0.15, -0.1) is 0 Å². The summed E-state index contributed by atoms with van der Waals surface area (Å²) in [6, 6.07) is 0.727. The zero-order valence-corrected chi connectivity index (χ0v) is 17.1. The second-order valence-corrected chi connectivity index (χ2v) is 8.60. The van der Waals surface area contributed by atoms with Crippen molar-refractivity contribution in [3.63, 3.8) is 0 Å². The van der Waals surface area contributed by atoms with Crippen molar-refractivity contribution in [3.05, 3.63) is 0 Å². The topological polar surface area (TPSA) is 132 Å². The zero-order chi connectivity index (χ0) is 21.9. The van der Waals surface area contributed by atoms with E-state index in [1.165, 1.54) is 17.0 Å². The second kappa shape index (κ2) is 8.39. The lowest BCUT2D eigenvalue weighted by molar-refractivity contribution is -0.142. The first-order valence-corrected chi connectivity index (χ1v) is 8.92. The van der Waals surface area contributed by atoms with Crippen molar-refractivity contribution >= 4 is 23.6 Å². The van der Waals surface area contributed by atoms with Crippen LogP contribution in [-0.4, -0.2) is 63.1 Å². The average Bonchev–Trinajstić information content (AvgIpc) is 3.00. The van der Waals surface area contributed by atoms with Crippen molar-refractivity contribution in [2.75, 3.05) is 6.54 Å². The molecule has 9 nitrogen and oxygen atoms in total. The second-order valence-electron chi connectivity index (χ2n) is 8.60. The number of likely N-dealkylation sites (tertiary alicyclic amines) is 1. The zero-order valence-electron chi connectivity index (χ0n) is 17.1. The van der Waals surface area contributed by atoms with Crippen LogP contribution in [0.3, 0.4) is 0 Å². The maximum absolute atomic E-state index is 13.0. The fraction of sp³-hybridized carbons (Fsp3) is 0.684. The van der Waals surface area contributed by atoms with E-state index in [1.54, 1.807) is 41.5 Å². The van der Waals surface area contributed by atoms with Crippen LogP contribution >= 0.6 is 0 Å². The standard InChI is InChI=1S/C19H26N4O5/c1-18(2,3)22(17(27)28-19(4,5)6)11-16(26)23-12(14(24)9-20)7-8-13(23)15(25)10-21/h12-13H,7-8,11H2,1-6H3/t12-,13+. The molecule has 1 rings (SSSR count). The van der Waals surface area contributed by atoms with Crippen LogP contribution in [0, 0.1) is 22.7 Å². The summed E-state index contributed by atoms with van der Waals surface area (Å²) < 4.78 is 5.36. The van der Waals surface area contributed by atoms with E-state index >= 15 is 0 Å². The molecule has 28 heavy (non-hydrogen) atoms. The Labute approximate surface area is 164 Å². The molecule has 2 atom stereocenters. The van der Waals surface area contributed by atoms with Crippen LogP contribution in [0.15, 0.2) is 0 Å². The lowest BCUT2D eigenvalue weighted by Gasteiger charge is -2.38. The van der Waals surface area contributed by atoms with E-state index in [0.29, 0.717) is 0 Å². The molecule has 0 aromatic carbocycles. The fourth-order valence-corrected chi connectivity index (χ4v) is 2.93. The van der Waals surface area contributed by atoms with Crippen LogP contribution < -0.4 is 0 Å². The van der Waals surface area contributed by atoms with Gasteiger partial charge in [0.1, 0.15) is 36.4 Å². The van der Waals surface area contributed by atoms with Crippen molar-refractivity contribution in [1.82, 2.24) is 9.80 Å². The maximum Gasteiger partial charge on any atom is 0.411 e. The van der Waals surface area contributed by atoms with Gasteiger partial charge in [-0.05, 0) is 54.4 Å². The van der Waals surface area contributed by atoms with E-state index in [1.807, 2.05) is 0 Å². The Morgan fingerprint density at radius 3 is 1.71 bits per heavy atom. The number of carbonyl (C=O) groups excluding carboxylic acids is 4. The smallest absolute Gasteiger partial charge is 0.411 e. The highest BCUT2D eigenvalue weighted by atomic mass is 16.6. The van der Waals surface area contributed by atoms with E-state index in [0.717, 1.165) is 4.90 Å². The van der Waals surface area contributed by atoms with Gasteiger partial charge >= 0.3 is 6.09 Å². The number of carbonyl (C=O) groups is 4. The number of ketones is 2. The van der Waals surface area contributed by atoms with Crippen molar-refractivity contribution in [2.24, 2.45) is 0 Å². The molecule has 0 unspecified atom stereocenters. The number of ether oxygens (including phenoxy) is 1. The summed E-state index contributed by atoms with van der Waals surface area (Å²) in [7, 11) is 0. The summed E-state index contributed by atoms with van der Waals surface area (Å²) in [6.45, 7) is 9.76. The normalized spacial score (nSPS) is 19.4. The largest absolute Gasteiger partial charge is 0.444 e. The van der Waals surface area contributed by atoms with Gasteiger partial charge in [0.05, 0.1) is 0 Å². The van der Waals surface area contributed by atoms with Crippen molar-refractivity contribution in [1.29, 1.82) is 10.5 Å². The van der Waals surface area contributed by atoms with Crippen LogP contribution in [-0.2, 0) is 19.1 Å². The average molecular weight is 390 g/mol. The van der Waals surface area contributed by atoms with Gasteiger partial charge in [0.2, 0.25) is 5.91 Å². The minimum absolute atomic E-state index is 0.109. The molecule has 0 radical (unpaired) electrons. The third-order valence-electron chi connectivity index (χ3n) is 4.22. The van der Waals surface area contributed by atoms with E-state index in [9.17, 15) is 19.2 Å². The minimum Gasteiger partial charge on any atom is -0.444 e. The number of nitriles is 2. The van der Waals surface area contributed by atoms with Gasteiger partial charge in [-0.1, -0.05) is 0 Å². The molecule has 0 N–H and O–H groups in total. The first-order chi connectivity index (χ1) is 12.7. The maximum atomic E-state index is 13.0. The molecule has 1 saturated heterocycles. The highest BCUT2D eigenvalue weighted by molar-refractivity contribution is 6.05. The highest BCUT2D eigenvalue weighted by Gasteiger charge is 2.45. The quantitative estimate of drug-likeness (QED) is 0.665. The van der Waals surface area contributed by atoms with Crippen LogP contribution in [0.5, 0.6) is 0 Å². The minimum atomic E-state index is -1.11. The Morgan fingerprint density at radius 1 is 0.964 bits per heavy atom. The van der Waals surface area contributed by atoms with Crippen LogP contribution in [0.4, 0.5) is 4.79 Å². The van der Waals surface area contributed by atoms with E-state index < -0.39 is 53.3 Å². The third-order valence-corrected chi connectivity index (χ3v) is 4.22. The summed E-state index contributed by atoms with van der Waals surface area (Å²) in [5.41, 5.74) is -1.57. The molecule has 0 spiro atoms. The van der Waals surface area contributed by atoms with Crippen LogP contribution in [0.2, 0.25) is 0 Å². The number of hydrogen-bond donors (Lipinski definition) is 0. The van der Waals surface area contributed by atoms with E-state index in [2.05, 4.69) is 0 Å². The van der Waals surface area contributed by atoms with Gasteiger partial charge in [-0.2, -0.15) is 10.5 Å². The number of hydrogen-bond acceptors (Lipinski definition) is 7. The Morgan fingerprint density at radius 2 is 1.39 bits per heavy atom. The molecular weight excluding hydrogens is 364 g/mol. The number of amides is 2. The number of rotatable bonds is 4. The van der Waals surface area contributed by atoms with Crippen molar-refractivity contribution in [2.45, 2.75) is 77.6 Å². The predicted molar refractivity (Wildman–Crippen MR) is 97.6 cm³/mol. The van der Waals surface area contributed by atoms with Gasteiger partial charge in [0.25, 0.3) is 11.6 Å². The molecule has 1 heterocycles. The molecule has 0 aromatic rings. The van der Waals surface area contributed by atoms with Gasteiger partial charge in [-0.3, -0.25) is 19.3 Å². The third kappa shape index (κ3) is 5.53. The number of Topliss-reactive ketones (excluding diaryl/α,β-unsaturated/α-hetero) is 2. The molecule has 1 aliphatic rings. The van der Waals surface area contributed by atoms with Gasteiger partial charge in [-0.25, -0.2) is 4.79 Å². The molecule has 0 bridgehead atoms. The van der Waals surface area contributed by atoms with Crippen LogP contribution in [0.25, 0.3) is 0 Å². The molecule has 0 aromatic heterocycles. The first-order valence-electron chi connectivity index (χ1n) is 8.92. The Kier molecular flexibility index (Phi) is 6.92. The number of nitrogens with zero attached hydrogens (tertiary/aromatic N) is 4. The van der Waals surface area contributed by atoms with E-state index in [4.69, 9.17) is 15.3 Å². The van der Waals surface area contributed by atoms with Gasteiger partial charge < -0.3 is 9.64 Å².